The topological polar surface area (TPSA) is 83.0 Å². The number of amides is 2. The minimum atomic E-state index is -0.112. The highest BCUT2D eigenvalue weighted by Crippen LogP contribution is 2.52. The van der Waals surface area contributed by atoms with Gasteiger partial charge in [0.05, 0.1) is 17.9 Å². The Balaban J connectivity index is 1.21. The molecule has 7 nitrogen and oxygen atoms in total. The second kappa shape index (κ2) is 9.00. The van der Waals surface area contributed by atoms with Crippen molar-refractivity contribution in [3.63, 3.8) is 0 Å². The lowest BCUT2D eigenvalue weighted by atomic mass is 9.85. The number of methoxy groups -OCH3 is 1. The maximum atomic E-state index is 12.7. The van der Waals surface area contributed by atoms with E-state index < -0.39 is 0 Å². The lowest BCUT2D eigenvalue weighted by Gasteiger charge is -2.20. The summed E-state index contributed by atoms with van der Waals surface area (Å²) in [7, 11) is 3.41. The van der Waals surface area contributed by atoms with Gasteiger partial charge in [-0.1, -0.05) is 42.5 Å². The second-order valence-electron chi connectivity index (χ2n) is 8.20. The normalized spacial score (nSPS) is 28.2. The molecule has 5 atom stereocenters. The van der Waals surface area contributed by atoms with E-state index in [1.165, 1.54) is 4.90 Å². The molecule has 7 heteroatoms. The first-order valence-corrected chi connectivity index (χ1v) is 10.7. The molecule has 1 heterocycles. The van der Waals surface area contributed by atoms with Gasteiger partial charge in [0.1, 0.15) is 0 Å². The summed E-state index contributed by atoms with van der Waals surface area (Å²) in [5.41, 5.74) is 1.10. The largest absolute Gasteiger partial charge is 0.375 e. The van der Waals surface area contributed by atoms with Crippen LogP contribution in [0.1, 0.15) is 24.5 Å². The summed E-state index contributed by atoms with van der Waals surface area (Å²) in [4.78, 5) is 31.2. The molecule has 1 saturated heterocycles. The van der Waals surface area contributed by atoms with Gasteiger partial charge >= 0.3 is 0 Å². The van der Waals surface area contributed by atoms with E-state index in [1.807, 2.05) is 30.3 Å². The molecule has 2 amide bonds. The summed E-state index contributed by atoms with van der Waals surface area (Å²) in [5, 5.41) is 6.53. The molecule has 2 aliphatic carbocycles. The molecule has 30 heavy (non-hydrogen) atoms. The first-order chi connectivity index (χ1) is 14.6. The molecule has 1 saturated carbocycles. The molecule has 2 N–H and O–H groups in total. The number of guanidine groups is 1. The van der Waals surface area contributed by atoms with Crippen LogP contribution in [-0.2, 0) is 14.3 Å². The van der Waals surface area contributed by atoms with Gasteiger partial charge in [0.2, 0.25) is 11.8 Å². The maximum Gasteiger partial charge on any atom is 0.233 e. The van der Waals surface area contributed by atoms with Crippen molar-refractivity contribution in [3.8, 4) is 0 Å². The molecule has 0 spiro atoms. The van der Waals surface area contributed by atoms with Crippen molar-refractivity contribution >= 4 is 17.8 Å². The minimum absolute atomic E-state index is 0.0233. The number of ether oxygens (including phenoxy) is 1. The second-order valence-corrected chi connectivity index (χ2v) is 8.20. The summed E-state index contributed by atoms with van der Waals surface area (Å²) >= 11 is 0. The molecule has 0 aromatic heterocycles. The average molecular weight is 411 g/mol. The van der Waals surface area contributed by atoms with Crippen LogP contribution in [0, 0.1) is 23.7 Å². The molecule has 0 radical (unpaired) electrons. The third-order valence-electron chi connectivity index (χ3n) is 6.55. The Kier molecular flexibility index (Phi) is 6.18. The first-order valence-electron chi connectivity index (χ1n) is 10.7. The van der Waals surface area contributed by atoms with Gasteiger partial charge in [0, 0.05) is 33.8 Å². The fourth-order valence-electron chi connectivity index (χ4n) is 5.04. The Morgan fingerprint density at radius 2 is 1.80 bits per heavy atom. The Morgan fingerprint density at radius 3 is 2.40 bits per heavy atom. The van der Waals surface area contributed by atoms with E-state index >= 15 is 0 Å². The smallest absolute Gasteiger partial charge is 0.233 e. The molecule has 160 valence electrons. The monoisotopic (exact) mass is 410 g/mol. The zero-order chi connectivity index (χ0) is 21.1. The van der Waals surface area contributed by atoms with E-state index in [2.05, 4.69) is 27.8 Å². The van der Waals surface area contributed by atoms with Crippen molar-refractivity contribution < 1.29 is 14.3 Å². The molecule has 2 fully saturated rings. The van der Waals surface area contributed by atoms with Crippen LogP contribution >= 0.6 is 0 Å². The molecule has 1 aromatic carbocycles. The van der Waals surface area contributed by atoms with Gasteiger partial charge in [-0.25, -0.2) is 0 Å². The van der Waals surface area contributed by atoms with Crippen LogP contribution in [-0.4, -0.2) is 56.5 Å². The Labute approximate surface area is 177 Å². The predicted octanol–water partition coefficient (Wildman–Crippen LogP) is 1.74. The summed E-state index contributed by atoms with van der Waals surface area (Å²) < 4.78 is 5.57. The fraction of sp³-hybridized carbons (Fsp3) is 0.522. The third-order valence-corrected chi connectivity index (χ3v) is 6.55. The van der Waals surface area contributed by atoms with Crippen molar-refractivity contribution in [2.75, 3.05) is 33.8 Å². The van der Waals surface area contributed by atoms with Crippen molar-refractivity contribution in [2.45, 2.75) is 18.9 Å². The fourth-order valence-corrected chi connectivity index (χ4v) is 5.04. The molecule has 4 rings (SSSR count). The summed E-state index contributed by atoms with van der Waals surface area (Å²) in [5.74, 6) is 1.02. The number of allylic oxidation sites excluding steroid dienone is 2. The van der Waals surface area contributed by atoms with Crippen LogP contribution in [0.4, 0.5) is 0 Å². The summed E-state index contributed by atoms with van der Waals surface area (Å²) in [6, 6.07) is 10.0. The van der Waals surface area contributed by atoms with Crippen LogP contribution in [0.15, 0.2) is 47.5 Å². The Hall–Kier alpha value is -2.67. The van der Waals surface area contributed by atoms with Crippen LogP contribution in [0.3, 0.4) is 0 Å². The standard InChI is InChI=1S/C23H30N4O3/c1-24-23(26-14-18(30-2)15-7-4-3-5-8-15)25-11-6-12-27-21(28)19-16-9-10-17(13-16)20(19)22(27)29/h3-5,7-10,16-20H,6,11-14H2,1-2H3,(H2,24,25,26). The molecular formula is C23H30N4O3. The van der Waals surface area contributed by atoms with E-state index in [-0.39, 0.29) is 41.6 Å². The highest BCUT2D eigenvalue weighted by atomic mass is 16.5. The van der Waals surface area contributed by atoms with Crippen molar-refractivity contribution in [1.82, 2.24) is 15.5 Å². The lowest BCUT2D eigenvalue weighted by Crippen LogP contribution is -2.41. The lowest BCUT2D eigenvalue weighted by molar-refractivity contribution is -0.140. The summed E-state index contributed by atoms with van der Waals surface area (Å²) in [6.07, 6.45) is 5.83. The van der Waals surface area contributed by atoms with E-state index in [0.717, 1.165) is 12.0 Å². The number of benzene rings is 1. The molecule has 3 aliphatic rings. The van der Waals surface area contributed by atoms with Gasteiger partial charge in [-0.05, 0) is 30.2 Å². The SMILES string of the molecule is CN=C(NCCCN1C(=O)C2C3C=CC(C3)C2C1=O)NCC(OC)c1ccccc1. The van der Waals surface area contributed by atoms with Gasteiger partial charge < -0.3 is 15.4 Å². The zero-order valence-corrected chi connectivity index (χ0v) is 17.6. The third kappa shape index (κ3) is 3.86. The van der Waals surface area contributed by atoms with Crippen LogP contribution in [0.2, 0.25) is 0 Å². The quantitative estimate of drug-likeness (QED) is 0.224. The molecular weight excluding hydrogens is 380 g/mol. The number of carbonyl (C=O) groups is 2. The van der Waals surface area contributed by atoms with E-state index in [4.69, 9.17) is 4.74 Å². The van der Waals surface area contributed by atoms with Gasteiger partial charge in [-0.15, -0.1) is 0 Å². The highest BCUT2D eigenvalue weighted by Gasteiger charge is 2.58. The van der Waals surface area contributed by atoms with E-state index in [9.17, 15) is 9.59 Å². The molecule has 5 unspecified atom stereocenters. The predicted molar refractivity (Wildman–Crippen MR) is 115 cm³/mol. The zero-order valence-electron chi connectivity index (χ0n) is 17.6. The first kappa shape index (κ1) is 20.6. The van der Waals surface area contributed by atoms with Crippen LogP contribution in [0.25, 0.3) is 0 Å². The number of hydrogen-bond acceptors (Lipinski definition) is 4. The number of nitrogens with one attached hydrogen (secondary N) is 2. The number of hydrogen-bond donors (Lipinski definition) is 2. The van der Waals surface area contributed by atoms with Gasteiger partial charge in [0.25, 0.3) is 0 Å². The number of rotatable bonds is 8. The van der Waals surface area contributed by atoms with Gasteiger partial charge in [-0.2, -0.15) is 0 Å². The number of imide groups is 1. The van der Waals surface area contributed by atoms with Crippen molar-refractivity contribution in [2.24, 2.45) is 28.7 Å². The Bertz CT molecular complexity index is 808. The minimum Gasteiger partial charge on any atom is -0.375 e. The van der Waals surface area contributed by atoms with Gasteiger partial charge in [-0.3, -0.25) is 19.5 Å². The van der Waals surface area contributed by atoms with Gasteiger partial charge in [0.15, 0.2) is 5.96 Å². The Morgan fingerprint density at radius 1 is 1.13 bits per heavy atom. The summed E-state index contributed by atoms with van der Waals surface area (Å²) in [6.45, 7) is 1.67. The molecule has 1 aromatic rings. The molecule has 2 bridgehead atoms. The van der Waals surface area contributed by atoms with Crippen LogP contribution < -0.4 is 10.6 Å². The number of carbonyl (C=O) groups excluding carboxylic acids is 2. The van der Waals surface area contributed by atoms with Crippen LogP contribution in [0.5, 0.6) is 0 Å². The van der Waals surface area contributed by atoms with Crippen molar-refractivity contribution in [3.05, 3.63) is 48.0 Å². The van der Waals surface area contributed by atoms with E-state index in [1.54, 1.807) is 14.2 Å². The maximum absolute atomic E-state index is 12.7. The molecule has 1 aliphatic heterocycles. The van der Waals surface area contributed by atoms with E-state index in [0.29, 0.717) is 32.0 Å². The highest BCUT2D eigenvalue weighted by molar-refractivity contribution is 6.06. The number of likely N-dealkylation sites (tertiary alicyclic amines) is 1. The average Bonchev–Trinajstić information content (AvgIpc) is 3.45. The number of aliphatic imine (C=N–C) groups is 1. The number of nitrogens with zero attached hydrogens (tertiary/aromatic N) is 2. The number of fused-ring (bicyclic) bond motifs is 5. The van der Waals surface area contributed by atoms with Crippen molar-refractivity contribution in [1.29, 1.82) is 0 Å².